The number of carbonyl (C=O) groups excluding carboxylic acids is 3. The maximum Gasteiger partial charge on any atom is 0.294 e. The predicted molar refractivity (Wildman–Crippen MR) is 115 cm³/mol. The Morgan fingerprint density at radius 2 is 1.97 bits per heavy atom. The molecule has 9 heteroatoms. The second-order valence-electron chi connectivity index (χ2n) is 7.06. The predicted octanol–water partition coefficient (Wildman–Crippen LogP) is 3.90. The van der Waals surface area contributed by atoms with Crippen LogP contribution in [0.4, 0.5) is 4.79 Å². The van der Waals surface area contributed by atoms with Crippen molar-refractivity contribution >= 4 is 50.8 Å². The molecule has 0 spiro atoms. The van der Waals surface area contributed by atoms with Gasteiger partial charge in [0.2, 0.25) is 5.91 Å². The summed E-state index contributed by atoms with van der Waals surface area (Å²) in [7, 11) is 1.54. The maximum absolute atomic E-state index is 12.7. The average molecular weight is 483 g/mol. The van der Waals surface area contributed by atoms with Crippen molar-refractivity contribution in [2.75, 3.05) is 26.7 Å². The van der Waals surface area contributed by atoms with Crippen molar-refractivity contribution in [2.45, 2.75) is 32.8 Å². The van der Waals surface area contributed by atoms with Gasteiger partial charge in [-0.05, 0) is 78.2 Å². The second-order valence-corrected chi connectivity index (χ2v) is 8.90. The summed E-state index contributed by atoms with van der Waals surface area (Å²) in [6.07, 6.45) is 3.51. The molecule has 0 unspecified atom stereocenters. The van der Waals surface area contributed by atoms with E-state index in [0.717, 1.165) is 29.5 Å². The van der Waals surface area contributed by atoms with Gasteiger partial charge in [-0.15, -0.1) is 0 Å². The Labute approximate surface area is 182 Å². The molecular formula is C20H23BrN2O5S. The second kappa shape index (κ2) is 9.21. The van der Waals surface area contributed by atoms with Gasteiger partial charge in [-0.25, -0.2) is 0 Å². The number of ether oxygens (including phenoxy) is 2. The van der Waals surface area contributed by atoms with Crippen LogP contribution in [0.1, 0.15) is 32.3 Å². The number of rotatable bonds is 6. The van der Waals surface area contributed by atoms with Gasteiger partial charge in [0, 0.05) is 13.1 Å². The normalized spacial score (nSPS) is 18.3. The van der Waals surface area contributed by atoms with Crippen LogP contribution in [0.15, 0.2) is 21.5 Å². The van der Waals surface area contributed by atoms with Crippen LogP contribution in [0.25, 0.3) is 6.08 Å². The molecule has 2 heterocycles. The fourth-order valence-electron chi connectivity index (χ4n) is 3.16. The molecule has 2 saturated heterocycles. The minimum atomic E-state index is -0.454. The van der Waals surface area contributed by atoms with E-state index in [9.17, 15) is 14.4 Å². The Hall–Kier alpha value is -2.00. The third kappa shape index (κ3) is 4.95. The Kier molecular flexibility index (Phi) is 6.89. The summed E-state index contributed by atoms with van der Waals surface area (Å²) in [5.41, 5.74) is 0.682. The van der Waals surface area contributed by atoms with E-state index in [0.29, 0.717) is 34.6 Å². The Bertz CT molecular complexity index is 865. The molecule has 2 aliphatic heterocycles. The highest BCUT2D eigenvalue weighted by molar-refractivity contribution is 9.10. The average Bonchev–Trinajstić information content (AvgIpc) is 3.28. The molecule has 0 radical (unpaired) electrons. The highest BCUT2D eigenvalue weighted by Gasteiger charge is 2.37. The van der Waals surface area contributed by atoms with Crippen molar-refractivity contribution in [3.8, 4) is 11.5 Å². The lowest BCUT2D eigenvalue weighted by Crippen LogP contribution is -2.40. The van der Waals surface area contributed by atoms with Crippen molar-refractivity contribution in [1.29, 1.82) is 0 Å². The Balaban J connectivity index is 1.80. The topological polar surface area (TPSA) is 76.2 Å². The lowest BCUT2D eigenvalue weighted by molar-refractivity contribution is -0.135. The number of thioether (sulfide) groups is 1. The minimum Gasteiger partial charge on any atom is -0.493 e. The summed E-state index contributed by atoms with van der Waals surface area (Å²) in [5.74, 6) is 0.447. The van der Waals surface area contributed by atoms with Gasteiger partial charge < -0.3 is 14.4 Å². The van der Waals surface area contributed by atoms with Gasteiger partial charge in [0.1, 0.15) is 6.54 Å². The Morgan fingerprint density at radius 3 is 2.59 bits per heavy atom. The smallest absolute Gasteiger partial charge is 0.294 e. The first-order valence-electron chi connectivity index (χ1n) is 9.37. The molecule has 3 amide bonds. The molecule has 2 fully saturated rings. The number of imide groups is 1. The van der Waals surface area contributed by atoms with Gasteiger partial charge in [0.15, 0.2) is 11.5 Å². The maximum atomic E-state index is 12.7. The number of halogens is 1. The molecule has 1 aromatic carbocycles. The first-order chi connectivity index (χ1) is 13.8. The van der Waals surface area contributed by atoms with Crippen molar-refractivity contribution in [3.63, 3.8) is 0 Å². The first kappa shape index (κ1) is 21.7. The molecular weight excluding hydrogens is 460 g/mol. The van der Waals surface area contributed by atoms with E-state index in [2.05, 4.69) is 15.9 Å². The van der Waals surface area contributed by atoms with Crippen LogP contribution in [0.3, 0.4) is 0 Å². The van der Waals surface area contributed by atoms with Crippen LogP contribution in [0, 0.1) is 0 Å². The van der Waals surface area contributed by atoms with E-state index in [-0.39, 0.29) is 23.5 Å². The summed E-state index contributed by atoms with van der Waals surface area (Å²) >= 11 is 4.31. The minimum absolute atomic E-state index is 0.0318. The molecule has 156 valence electrons. The number of likely N-dealkylation sites (tertiary alicyclic amines) is 1. The molecule has 29 heavy (non-hydrogen) atoms. The molecule has 1 aromatic rings. The van der Waals surface area contributed by atoms with E-state index in [1.807, 2.05) is 13.8 Å². The number of hydrogen-bond acceptors (Lipinski definition) is 6. The fraction of sp³-hybridized carbons (Fsp3) is 0.450. The third-order valence-corrected chi connectivity index (χ3v) is 6.03. The quantitative estimate of drug-likeness (QED) is 0.572. The van der Waals surface area contributed by atoms with Crippen LogP contribution in [-0.2, 0) is 9.59 Å². The van der Waals surface area contributed by atoms with Crippen LogP contribution in [0.2, 0.25) is 0 Å². The van der Waals surface area contributed by atoms with E-state index in [1.54, 1.807) is 23.1 Å². The highest BCUT2D eigenvalue weighted by atomic mass is 79.9. The van der Waals surface area contributed by atoms with Crippen molar-refractivity contribution in [3.05, 3.63) is 27.1 Å². The van der Waals surface area contributed by atoms with Gasteiger partial charge in [-0.2, -0.15) is 0 Å². The van der Waals surface area contributed by atoms with Gasteiger partial charge in [-0.3, -0.25) is 19.3 Å². The summed E-state index contributed by atoms with van der Waals surface area (Å²) in [4.78, 5) is 40.3. The molecule has 0 atom stereocenters. The number of amides is 3. The summed E-state index contributed by atoms with van der Waals surface area (Å²) in [6, 6.07) is 3.54. The summed E-state index contributed by atoms with van der Waals surface area (Å²) in [5, 5.41) is -0.431. The van der Waals surface area contributed by atoms with Crippen LogP contribution in [0.5, 0.6) is 11.5 Å². The largest absolute Gasteiger partial charge is 0.493 e. The monoisotopic (exact) mass is 482 g/mol. The van der Waals surface area contributed by atoms with Gasteiger partial charge in [0.05, 0.1) is 22.6 Å². The zero-order valence-electron chi connectivity index (χ0n) is 16.6. The summed E-state index contributed by atoms with van der Waals surface area (Å²) in [6.45, 7) is 4.99. The van der Waals surface area contributed by atoms with E-state index < -0.39 is 11.1 Å². The zero-order chi connectivity index (χ0) is 21.1. The number of carbonyl (C=O) groups is 3. The van der Waals surface area contributed by atoms with E-state index in [4.69, 9.17) is 9.47 Å². The lowest BCUT2D eigenvalue weighted by Gasteiger charge is -2.18. The van der Waals surface area contributed by atoms with Crippen molar-refractivity contribution in [1.82, 2.24) is 9.80 Å². The molecule has 0 N–H and O–H groups in total. The number of benzene rings is 1. The first-order valence-corrected chi connectivity index (χ1v) is 11.0. The molecule has 0 bridgehead atoms. The number of nitrogens with zero attached hydrogens (tertiary/aromatic N) is 2. The van der Waals surface area contributed by atoms with Gasteiger partial charge in [-0.1, -0.05) is 0 Å². The highest BCUT2D eigenvalue weighted by Crippen LogP contribution is 2.39. The number of hydrogen-bond donors (Lipinski definition) is 0. The standard InChI is InChI=1S/C20H23BrN2O5S/c1-12(2)28-18-14(21)8-13(9-15(18)27-3)10-16-19(25)23(20(26)29-16)11-17(24)22-6-4-5-7-22/h8-10,12H,4-7,11H2,1-3H3/b16-10+. The van der Waals surface area contributed by atoms with Crippen LogP contribution in [-0.4, -0.2) is 59.7 Å². The molecule has 0 saturated carbocycles. The zero-order valence-corrected chi connectivity index (χ0v) is 19.0. The van der Waals surface area contributed by atoms with Crippen molar-refractivity contribution in [2.24, 2.45) is 0 Å². The SMILES string of the molecule is COc1cc(/C=C2/SC(=O)N(CC(=O)N3CCCC3)C2=O)cc(Br)c1OC(C)C. The molecule has 0 aromatic heterocycles. The van der Waals surface area contributed by atoms with Crippen LogP contribution >= 0.6 is 27.7 Å². The molecule has 0 aliphatic carbocycles. The van der Waals surface area contributed by atoms with E-state index >= 15 is 0 Å². The van der Waals surface area contributed by atoms with Gasteiger partial charge >= 0.3 is 0 Å². The third-order valence-electron chi connectivity index (χ3n) is 4.53. The fourth-order valence-corrected chi connectivity index (χ4v) is 4.55. The molecule has 3 rings (SSSR count). The van der Waals surface area contributed by atoms with E-state index in [1.165, 1.54) is 7.11 Å². The molecule has 2 aliphatic rings. The molecule has 7 nitrogen and oxygen atoms in total. The van der Waals surface area contributed by atoms with Gasteiger partial charge in [0.25, 0.3) is 11.1 Å². The number of methoxy groups -OCH3 is 1. The lowest BCUT2D eigenvalue weighted by atomic mass is 10.1. The Morgan fingerprint density at radius 1 is 1.28 bits per heavy atom. The van der Waals surface area contributed by atoms with Crippen LogP contribution < -0.4 is 9.47 Å². The summed E-state index contributed by atoms with van der Waals surface area (Å²) < 4.78 is 11.9. The van der Waals surface area contributed by atoms with Crippen molar-refractivity contribution < 1.29 is 23.9 Å².